The summed E-state index contributed by atoms with van der Waals surface area (Å²) in [4.78, 5) is 41.4. The van der Waals surface area contributed by atoms with Crippen molar-refractivity contribution in [3.8, 4) is 11.7 Å². The second-order valence-electron chi connectivity index (χ2n) is 17.9. The van der Waals surface area contributed by atoms with Gasteiger partial charge in [0.1, 0.15) is 16.6 Å². The van der Waals surface area contributed by atoms with Gasteiger partial charge in [-0.1, -0.05) is 23.7 Å². The van der Waals surface area contributed by atoms with E-state index in [1.807, 2.05) is 52.8 Å². The summed E-state index contributed by atoms with van der Waals surface area (Å²) in [5.74, 6) is 1.14. The molecule has 0 bridgehead atoms. The zero-order chi connectivity index (χ0) is 41.1. The van der Waals surface area contributed by atoms with Crippen molar-refractivity contribution in [1.29, 1.82) is 0 Å². The molecule has 0 radical (unpaired) electrons. The van der Waals surface area contributed by atoms with Gasteiger partial charge in [0, 0.05) is 30.5 Å². The number of amides is 2. The molecule has 58 heavy (non-hydrogen) atoms. The van der Waals surface area contributed by atoms with Gasteiger partial charge in [-0.25, -0.2) is 24.2 Å². The number of rotatable bonds is 14. The Kier molecular flexibility index (Phi) is 10.2. The summed E-state index contributed by atoms with van der Waals surface area (Å²) in [6.07, 6.45) is 11.8. The Morgan fingerprint density at radius 2 is 1.74 bits per heavy atom. The molecular weight excluding hydrogens is 780 g/mol. The number of anilines is 1. The zero-order valence-electron chi connectivity index (χ0n) is 33.6. The van der Waals surface area contributed by atoms with E-state index in [1.165, 1.54) is 48.6 Å². The van der Waals surface area contributed by atoms with Gasteiger partial charge in [0.15, 0.2) is 10.8 Å². The van der Waals surface area contributed by atoms with E-state index in [1.54, 1.807) is 35.5 Å². The van der Waals surface area contributed by atoms with E-state index >= 15 is 0 Å². The van der Waals surface area contributed by atoms with E-state index in [9.17, 15) is 18.0 Å². The average Bonchev–Trinajstić information content (AvgIpc) is 4.12. The minimum Gasteiger partial charge on any atom is -0.477 e. The molecule has 5 heterocycles. The third-order valence-corrected chi connectivity index (χ3v) is 13.9. The van der Waals surface area contributed by atoms with Gasteiger partial charge in [-0.15, -0.1) is 5.10 Å². The highest BCUT2D eigenvalue weighted by molar-refractivity contribution is 7.90. The molecular formula is C42H51ClN8O6S. The highest BCUT2D eigenvalue weighted by atomic mass is 35.5. The number of sulfonamides is 1. The van der Waals surface area contributed by atoms with E-state index in [-0.39, 0.29) is 45.2 Å². The van der Waals surface area contributed by atoms with Gasteiger partial charge in [0.2, 0.25) is 5.88 Å². The van der Waals surface area contributed by atoms with Crippen molar-refractivity contribution in [2.24, 2.45) is 22.7 Å². The number of likely N-dealkylation sites (tertiary alicyclic amines) is 1. The predicted molar refractivity (Wildman–Crippen MR) is 217 cm³/mol. The molecule has 4 aromatic rings. The van der Waals surface area contributed by atoms with Crippen LogP contribution in [0, 0.1) is 22.7 Å². The lowest BCUT2D eigenvalue weighted by Crippen LogP contribution is -2.45. The predicted octanol–water partition coefficient (Wildman–Crippen LogP) is 7.76. The first-order valence-corrected chi connectivity index (χ1v) is 21.9. The van der Waals surface area contributed by atoms with Crippen LogP contribution in [0.25, 0.3) is 5.82 Å². The van der Waals surface area contributed by atoms with Gasteiger partial charge in [-0.3, -0.25) is 9.78 Å². The van der Waals surface area contributed by atoms with E-state index in [4.69, 9.17) is 21.1 Å². The topological polar surface area (TPSA) is 171 Å². The average molecular weight is 831 g/mol. The van der Waals surface area contributed by atoms with Crippen LogP contribution >= 0.6 is 11.6 Å². The molecule has 3 saturated carbocycles. The summed E-state index contributed by atoms with van der Waals surface area (Å²) in [5.41, 5.74) is 0.929. The molecule has 4 fully saturated rings. The van der Waals surface area contributed by atoms with Crippen LogP contribution in [0.15, 0.2) is 72.0 Å². The fraction of sp³-hybridized carbons (Fsp3) is 0.524. The Bertz CT molecular complexity index is 2290. The molecule has 2 spiro atoms. The van der Waals surface area contributed by atoms with Crippen LogP contribution in [0.2, 0.25) is 5.15 Å². The molecule has 2 N–H and O–H groups in total. The summed E-state index contributed by atoms with van der Waals surface area (Å²) in [6, 6.07) is 14.5. The Labute approximate surface area is 344 Å². The van der Waals surface area contributed by atoms with Gasteiger partial charge < -0.3 is 19.7 Å². The Morgan fingerprint density at radius 1 is 0.983 bits per heavy atom. The normalized spacial score (nSPS) is 20.4. The molecule has 1 aliphatic heterocycles. The second kappa shape index (κ2) is 14.8. The minimum atomic E-state index is -4.43. The largest absolute Gasteiger partial charge is 0.477 e. The Morgan fingerprint density at radius 3 is 2.41 bits per heavy atom. The first-order chi connectivity index (χ1) is 27.5. The number of nitrogens with zero attached hydrogens (tertiary/aromatic N) is 6. The number of hydrogen-bond donors (Lipinski definition) is 2. The van der Waals surface area contributed by atoms with Gasteiger partial charge in [0.25, 0.3) is 15.9 Å². The molecule has 3 aliphatic carbocycles. The molecule has 2 atom stereocenters. The van der Waals surface area contributed by atoms with Crippen molar-refractivity contribution in [2.45, 2.75) is 108 Å². The third-order valence-electron chi connectivity index (χ3n) is 12.4. The minimum absolute atomic E-state index is 0.130. The molecule has 0 aromatic carbocycles. The van der Waals surface area contributed by atoms with Gasteiger partial charge in [-0.05, 0) is 145 Å². The number of ether oxygens (including phenoxy) is 2. The number of hydrogen-bond acceptors (Lipinski definition) is 11. The number of carbonyl (C=O) groups excluding carboxylic acids is 2. The van der Waals surface area contributed by atoms with Crippen LogP contribution in [-0.2, 0) is 14.8 Å². The molecule has 8 rings (SSSR count). The first-order valence-electron chi connectivity index (χ1n) is 20.1. The number of fused-ring (bicyclic) bond motifs is 1. The van der Waals surface area contributed by atoms with Crippen molar-refractivity contribution in [3.05, 3.63) is 83.4 Å². The van der Waals surface area contributed by atoms with Crippen molar-refractivity contribution in [1.82, 2.24) is 34.4 Å². The Hall–Kier alpha value is -4.76. The van der Waals surface area contributed by atoms with E-state index in [0.29, 0.717) is 42.1 Å². The van der Waals surface area contributed by atoms with Crippen molar-refractivity contribution < 1.29 is 27.5 Å². The van der Waals surface area contributed by atoms with Gasteiger partial charge in [-0.2, -0.15) is 8.42 Å². The van der Waals surface area contributed by atoms with Crippen molar-refractivity contribution in [3.63, 3.8) is 0 Å². The lowest BCUT2D eigenvalue weighted by Gasteiger charge is -2.33. The fourth-order valence-electron chi connectivity index (χ4n) is 9.42. The third kappa shape index (κ3) is 8.12. The summed E-state index contributed by atoms with van der Waals surface area (Å²) in [7, 11) is -4.43. The van der Waals surface area contributed by atoms with E-state index in [2.05, 4.69) is 30.1 Å². The quantitative estimate of drug-likeness (QED) is 0.119. The molecule has 4 aliphatic rings. The van der Waals surface area contributed by atoms with Crippen LogP contribution in [0.5, 0.6) is 5.88 Å². The molecule has 1 unspecified atom stereocenters. The van der Waals surface area contributed by atoms with Crippen LogP contribution in [-0.4, -0.2) is 74.3 Å². The standard InChI is InChI=1S/C42H51ClN8O6S/c1-39(2,3)57-38(53)50-26-27(25-40(50,4)5)12-14-30(29-9-6-7-22-44-29)45-32-10-8-11-35(46-32)58(54,55)49-37(52)28-13-15-33(47-36(28)43)51-23-16-34(48-51)56-24-17-31-41(18-19-41)42(31)20-21-42/h6-11,13,15-16,22-23,27,30-31H,12,14,17-21,24-26H2,1-5H3,(H,45,46)(H,49,52)/t27-,30?/m1/s1. The number of pyridine rings is 3. The monoisotopic (exact) mass is 830 g/mol. The fourth-order valence-corrected chi connectivity index (χ4v) is 10.6. The van der Waals surface area contributed by atoms with Gasteiger partial charge >= 0.3 is 6.09 Å². The van der Waals surface area contributed by atoms with Crippen molar-refractivity contribution in [2.75, 3.05) is 18.5 Å². The number of nitrogens with one attached hydrogen (secondary N) is 2. The number of aromatic nitrogens is 5. The lowest BCUT2D eigenvalue weighted by molar-refractivity contribution is 0.0130. The maximum Gasteiger partial charge on any atom is 0.410 e. The summed E-state index contributed by atoms with van der Waals surface area (Å²) in [5, 5.41) is 7.27. The lowest BCUT2D eigenvalue weighted by atomic mass is 9.91. The van der Waals surface area contributed by atoms with Crippen LogP contribution in [0.4, 0.5) is 10.6 Å². The summed E-state index contributed by atoms with van der Waals surface area (Å²) < 4.78 is 42.2. The van der Waals surface area contributed by atoms with Crippen molar-refractivity contribution >= 4 is 39.4 Å². The highest BCUT2D eigenvalue weighted by Crippen LogP contribution is 2.93. The second-order valence-corrected chi connectivity index (χ2v) is 19.9. The molecule has 14 nitrogen and oxygen atoms in total. The smallest absolute Gasteiger partial charge is 0.410 e. The van der Waals surface area contributed by atoms with E-state index < -0.39 is 21.5 Å². The van der Waals surface area contributed by atoms with E-state index in [0.717, 1.165) is 30.9 Å². The van der Waals surface area contributed by atoms with Gasteiger partial charge in [0.05, 0.1) is 23.9 Å². The molecule has 308 valence electrons. The maximum absolute atomic E-state index is 13.5. The van der Waals surface area contributed by atoms with Crippen LogP contribution < -0.4 is 14.8 Å². The maximum atomic E-state index is 13.5. The number of carbonyl (C=O) groups is 2. The Balaban J connectivity index is 0.886. The number of halogens is 1. The molecule has 1 saturated heterocycles. The molecule has 16 heteroatoms. The molecule has 2 amide bonds. The van der Waals surface area contributed by atoms with Crippen LogP contribution in [0.3, 0.4) is 0 Å². The summed E-state index contributed by atoms with van der Waals surface area (Å²) >= 11 is 6.43. The highest BCUT2D eigenvalue weighted by Gasteiger charge is 2.85. The molecule has 4 aromatic heterocycles. The van der Waals surface area contributed by atoms with Crippen LogP contribution in [0.1, 0.15) is 108 Å². The zero-order valence-corrected chi connectivity index (χ0v) is 35.1. The SMILES string of the molecule is CC(C)(C)OC(=O)N1C[C@H](CCC(Nc2cccc(S(=O)(=O)NC(=O)c3ccc(-n4ccc(OCCC5C6(CC6)C56CC6)n4)nc3Cl)n2)c2ccccn2)CC1(C)C. The first kappa shape index (κ1) is 40.0. The summed E-state index contributed by atoms with van der Waals surface area (Å²) in [6.45, 7) is 10.8.